The van der Waals surface area contributed by atoms with Crippen molar-refractivity contribution in [2.24, 2.45) is 5.92 Å². The van der Waals surface area contributed by atoms with Gasteiger partial charge >= 0.3 is 12.1 Å². The van der Waals surface area contributed by atoms with Gasteiger partial charge in [-0.3, -0.25) is 9.59 Å². The van der Waals surface area contributed by atoms with Gasteiger partial charge in [0.05, 0.1) is 45.1 Å². The van der Waals surface area contributed by atoms with Crippen molar-refractivity contribution in [1.29, 1.82) is 0 Å². The number of amides is 2. The first-order valence-corrected chi connectivity index (χ1v) is 15.3. The molecule has 0 saturated carbocycles. The maximum atomic E-state index is 13.9. The average molecular weight is 615 g/mol. The fourth-order valence-electron chi connectivity index (χ4n) is 4.20. The van der Waals surface area contributed by atoms with Gasteiger partial charge in [0.15, 0.2) is 0 Å². The zero-order chi connectivity index (χ0) is 32.4. The molecule has 0 aliphatic carbocycles. The Labute approximate surface area is 262 Å². The summed E-state index contributed by atoms with van der Waals surface area (Å²) in [6.45, 7) is 12.9. The van der Waals surface area contributed by atoms with Crippen molar-refractivity contribution >= 4 is 18.0 Å². The third-order valence-electron chi connectivity index (χ3n) is 6.13. The number of benzene rings is 2. The van der Waals surface area contributed by atoms with Crippen LogP contribution in [-0.2, 0) is 46.3 Å². The van der Waals surface area contributed by atoms with Gasteiger partial charge in [0.25, 0.3) is 5.91 Å². The van der Waals surface area contributed by atoms with E-state index in [1.54, 1.807) is 20.8 Å². The molecule has 10 heteroatoms. The lowest BCUT2D eigenvalue weighted by molar-refractivity contribution is -0.159. The van der Waals surface area contributed by atoms with E-state index in [2.05, 4.69) is 10.6 Å². The average Bonchev–Trinajstić information content (AvgIpc) is 2.95. The summed E-state index contributed by atoms with van der Waals surface area (Å²) in [4.78, 5) is 39.8. The zero-order valence-electron chi connectivity index (χ0n) is 27.0. The number of ether oxygens (including phenoxy) is 5. The van der Waals surface area contributed by atoms with E-state index in [0.717, 1.165) is 11.1 Å². The molecule has 2 aromatic carbocycles. The van der Waals surface area contributed by atoms with Gasteiger partial charge in [-0.15, -0.1) is 0 Å². The summed E-state index contributed by atoms with van der Waals surface area (Å²) in [6.07, 6.45) is -1.75. The number of hydrogen-bond acceptors (Lipinski definition) is 8. The number of carbonyl (C=O) groups is 3. The minimum Gasteiger partial charge on any atom is -0.450 e. The number of nitrogens with one attached hydrogen (secondary N) is 2. The van der Waals surface area contributed by atoms with Gasteiger partial charge in [-0.1, -0.05) is 74.5 Å². The molecule has 44 heavy (non-hydrogen) atoms. The maximum absolute atomic E-state index is 13.9. The second-order valence-electron chi connectivity index (χ2n) is 11.9. The minimum atomic E-state index is -1.35. The van der Waals surface area contributed by atoms with Gasteiger partial charge in [0.1, 0.15) is 5.60 Å². The molecule has 0 bridgehead atoms. The Balaban J connectivity index is 2.29. The molecule has 0 fully saturated rings. The third kappa shape index (κ3) is 15.8. The highest BCUT2D eigenvalue weighted by molar-refractivity contribution is 5.85. The van der Waals surface area contributed by atoms with Crippen molar-refractivity contribution < 1.29 is 38.1 Å². The minimum absolute atomic E-state index is 0.00970. The molecule has 3 atom stereocenters. The molecule has 0 aliphatic rings. The largest absolute Gasteiger partial charge is 0.450 e. The second-order valence-corrected chi connectivity index (χ2v) is 11.9. The topological polar surface area (TPSA) is 121 Å². The van der Waals surface area contributed by atoms with Crippen LogP contribution in [0.1, 0.15) is 59.1 Å². The molecule has 2 rings (SSSR count). The molecule has 0 aromatic heterocycles. The number of carbonyl (C=O) groups excluding carboxylic acids is 3. The quantitative estimate of drug-likeness (QED) is 0.170. The Kier molecular flexibility index (Phi) is 16.5. The Morgan fingerprint density at radius 1 is 0.795 bits per heavy atom. The van der Waals surface area contributed by atoms with Crippen LogP contribution in [0.25, 0.3) is 0 Å². The third-order valence-corrected chi connectivity index (χ3v) is 6.13. The normalized spacial score (nSPS) is 13.5. The molecule has 0 saturated heterocycles. The van der Waals surface area contributed by atoms with E-state index in [4.69, 9.17) is 23.7 Å². The van der Waals surface area contributed by atoms with E-state index in [0.29, 0.717) is 26.4 Å². The van der Waals surface area contributed by atoms with Crippen LogP contribution in [0.3, 0.4) is 0 Å². The SMILES string of the molecule is CCOCCOC[C@H](COCc1ccccc1)NC(=O)C(OC(=O)CC(C)C)[C@H](Cc1ccccc1)NC(=O)OC(C)(C)C. The van der Waals surface area contributed by atoms with Crippen LogP contribution < -0.4 is 10.6 Å². The second kappa shape index (κ2) is 19.7. The van der Waals surface area contributed by atoms with E-state index in [-0.39, 0.29) is 32.0 Å². The summed E-state index contributed by atoms with van der Waals surface area (Å²) >= 11 is 0. The molecule has 2 N–H and O–H groups in total. The molecule has 244 valence electrons. The van der Waals surface area contributed by atoms with Crippen LogP contribution >= 0.6 is 0 Å². The van der Waals surface area contributed by atoms with Crippen LogP contribution in [0, 0.1) is 5.92 Å². The molecule has 2 aromatic rings. The van der Waals surface area contributed by atoms with Crippen LogP contribution in [-0.4, -0.2) is 74.8 Å². The molecular formula is C34H50N2O8. The molecule has 0 aliphatic heterocycles. The lowest BCUT2D eigenvalue weighted by Crippen LogP contribution is -2.56. The molecular weight excluding hydrogens is 564 g/mol. The molecule has 10 nitrogen and oxygen atoms in total. The van der Waals surface area contributed by atoms with Crippen molar-refractivity contribution in [2.75, 3.05) is 33.0 Å². The number of esters is 1. The Hall–Kier alpha value is -3.47. The lowest BCUT2D eigenvalue weighted by Gasteiger charge is -2.30. The van der Waals surface area contributed by atoms with Crippen LogP contribution in [0.15, 0.2) is 60.7 Å². The summed E-state index contributed by atoms with van der Waals surface area (Å²) in [7, 11) is 0. The lowest BCUT2D eigenvalue weighted by atomic mass is 10.00. The van der Waals surface area contributed by atoms with Crippen molar-refractivity contribution in [2.45, 2.75) is 84.8 Å². The molecule has 2 amide bonds. The van der Waals surface area contributed by atoms with Gasteiger partial charge < -0.3 is 34.3 Å². The number of rotatable bonds is 19. The summed E-state index contributed by atoms with van der Waals surface area (Å²) in [5.74, 6) is -1.12. The zero-order valence-corrected chi connectivity index (χ0v) is 27.0. The van der Waals surface area contributed by atoms with Gasteiger partial charge in [0.2, 0.25) is 6.10 Å². The van der Waals surface area contributed by atoms with Crippen LogP contribution in [0.2, 0.25) is 0 Å². The van der Waals surface area contributed by atoms with Crippen LogP contribution in [0.5, 0.6) is 0 Å². The van der Waals surface area contributed by atoms with E-state index < -0.39 is 41.8 Å². The van der Waals surface area contributed by atoms with Gasteiger partial charge in [-0.2, -0.15) is 0 Å². The number of hydrogen-bond donors (Lipinski definition) is 2. The van der Waals surface area contributed by atoms with Gasteiger partial charge in [0, 0.05) is 13.0 Å². The van der Waals surface area contributed by atoms with E-state index in [1.807, 2.05) is 81.4 Å². The summed E-state index contributed by atoms with van der Waals surface area (Å²) < 4.78 is 28.3. The first kappa shape index (κ1) is 36.7. The van der Waals surface area contributed by atoms with E-state index >= 15 is 0 Å². The van der Waals surface area contributed by atoms with Crippen molar-refractivity contribution in [3.8, 4) is 0 Å². The summed E-state index contributed by atoms with van der Waals surface area (Å²) in [5.41, 5.74) is 1.06. The van der Waals surface area contributed by atoms with Crippen LogP contribution in [0.4, 0.5) is 4.79 Å². The molecule has 0 radical (unpaired) electrons. The summed E-state index contributed by atoms with van der Waals surface area (Å²) in [5, 5.41) is 5.73. The van der Waals surface area contributed by atoms with Crippen molar-refractivity contribution in [3.63, 3.8) is 0 Å². The van der Waals surface area contributed by atoms with Gasteiger partial charge in [-0.25, -0.2) is 4.79 Å². The first-order valence-electron chi connectivity index (χ1n) is 15.3. The highest BCUT2D eigenvalue weighted by Crippen LogP contribution is 2.15. The Morgan fingerprint density at radius 2 is 1.39 bits per heavy atom. The van der Waals surface area contributed by atoms with Crippen molar-refractivity contribution in [3.05, 3.63) is 71.8 Å². The van der Waals surface area contributed by atoms with E-state index in [9.17, 15) is 14.4 Å². The Bertz CT molecular complexity index is 1110. The predicted octanol–water partition coefficient (Wildman–Crippen LogP) is 4.84. The standard InChI is InChI=1S/C34H50N2O8/c1-7-40-18-19-41-23-28(24-42-22-27-16-12-9-13-17-27)35-32(38)31(43-30(37)20-25(2)3)29(21-26-14-10-8-11-15-26)36-33(39)44-34(4,5)6/h8-17,25,28-29,31H,7,18-24H2,1-6H3,(H,35,38)(H,36,39)/t28-,29+,31?/m1/s1. The predicted molar refractivity (Wildman–Crippen MR) is 168 cm³/mol. The fourth-order valence-corrected chi connectivity index (χ4v) is 4.20. The first-order chi connectivity index (χ1) is 21.0. The molecule has 0 spiro atoms. The molecule has 0 heterocycles. The number of alkyl carbamates (subject to hydrolysis) is 1. The molecule has 1 unspecified atom stereocenters. The summed E-state index contributed by atoms with van der Waals surface area (Å²) in [6, 6.07) is 17.5. The highest BCUT2D eigenvalue weighted by Gasteiger charge is 2.36. The Morgan fingerprint density at radius 3 is 1.98 bits per heavy atom. The fraction of sp³-hybridized carbons (Fsp3) is 0.559. The van der Waals surface area contributed by atoms with Crippen molar-refractivity contribution in [1.82, 2.24) is 10.6 Å². The van der Waals surface area contributed by atoms with Gasteiger partial charge in [-0.05, 0) is 51.2 Å². The smallest absolute Gasteiger partial charge is 0.408 e. The highest BCUT2D eigenvalue weighted by atomic mass is 16.6. The van der Waals surface area contributed by atoms with E-state index in [1.165, 1.54) is 0 Å². The monoisotopic (exact) mass is 614 g/mol. The maximum Gasteiger partial charge on any atom is 0.408 e.